The van der Waals surface area contributed by atoms with Gasteiger partial charge in [-0.25, -0.2) is 8.78 Å². The van der Waals surface area contributed by atoms with Crippen LogP contribution < -0.4 is 0 Å². The number of aliphatic hydroxyl groups excluding tert-OH is 1. The highest BCUT2D eigenvalue weighted by atomic mass is 19.4. The van der Waals surface area contributed by atoms with Gasteiger partial charge in [-0.3, -0.25) is 4.79 Å². The van der Waals surface area contributed by atoms with Crippen LogP contribution in [0.3, 0.4) is 0 Å². The van der Waals surface area contributed by atoms with E-state index in [0.29, 0.717) is 6.07 Å². The Labute approximate surface area is 117 Å². The highest BCUT2D eigenvalue weighted by Crippen LogP contribution is 2.41. The molecule has 0 aliphatic rings. The molecule has 0 heterocycles. The monoisotopic (exact) mass is 334 g/mol. The number of rotatable bonds is 3. The van der Waals surface area contributed by atoms with Gasteiger partial charge in [0.1, 0.15) is 5.76 Å². The average Bonchev–Trinajstić information content (AvgIpc) is 2.35. The van der Waals surface area contributed by atoms with E-state index in [0.717, 1.165) is 0 Å². The molecule has 22 heavy (non-hydrogen) atoms. The minimum absolute atomic E-state index is 0.224. The molecule has 1 rings (SSSR count). The molecule has 0 fully saturated rings. The van der Waals surface area contributed by atoms with Crippen molar-refractivity contribution in [3.05, 3.63) is 41.0 Å². The number of hydrogen-bond donors (Lipinski definition) is 1. The van der Waals surface area contributed by atoms with Crippen LogP contribution in [0.15, 0.2) is 24.3 Å². The number of benzene rings is 1. The summed E-state index contributed by atoms with van der Waals surface area (Å²) in [6.07, 6.45) is -14.7. The van der Waals surface area contributed by atoms with Gasteiger partial charge in [-0.15, -0.1) is 0 Å². The number of aliphatic hydroxyl groups is 1. The molecule has 0 spiro atoms. The Morgan fingerprint density at radius 2 is 1.41 bits per heavy atom. The normalized spacial score (nSPS) is 13.6. The lowest BCUT2D eigenvalue weighted by Gasteiger charge is -2.18. The van der Waals surface area contributed by atoms with Gasteiger partial charge in [0, 0.05) is 11.6 Å². The molecule has 1 N–H and O–H groups in total. The standard InChI is InChI=1S/C12H6F8O2/c13-10(14)8(22)4-7(21)9-5(11(15,16)17)2-1-3-6(9)12(18,19)20/h1-4,10,21H/b7-4-. The second-order valence-corrected chi connectivity index (χ2v) is 3.96. The summed E-state index contributed by atoms with van der Waals surface area (Å²) in [6, 6.07) is 0.889. The van der Waals surface area contributed by atoms with Gasteiger partial charge >= 0.3 is 12.4 Å². The third kappa shape index (κ3) is 3.95. The summed E-state index contributed by atoms with van der Waals surface area (Å²) in [5, 5.41) is 9.34. The maximum atomic E-state index is 12.7. The number of halogens is 8. The van der Waals surface area contributed by atoms with Crippen molar-refractivity contribution in [2.24, 2.45) is 0 Å². The molecule has 0 amide bonds. The zero-order valence-electron chi connectivity index (χ0n) is 10.3. The van der Waals surface area contributed by atoms with Crippen LogP contribution in [0.5, 0.6) is 0 Å². The molecule has 0 aliphatic heterocycles. The fourth-order valence-electron chi connectivity index (χ4n) is 1.57. The zero-order chi connectivity index (χ0) is 17.3. The van der Waals surface area contributed by atoms with E-state index in [-0.39, 0.29) is 18.2 Å². The largest absolute Gasteiger partial charge is 0.507 e. The third-order valence-electron chi connectivity index (χ3n) is 2.43. The van der Waals surface area contributed by atoms with Gasteiger partial charge in [0.15, 0.2) is 0 Å². The summed E-state index contributed by atoms with van der Waals surface area (Å²) < 4.78 is 100. The fraction of sp³-hybridized carbons (Fsp3) is 0.250. The number of carbonyl (C=O) groups is 1. The first-order valence-corrected chi connectivity index (χ1v) is 5.36. The Bertz CT molecular complexity index is 566. The summed E-state index contributed by atoms with van der Waals surface area (Å²) in [7, 11) is 0. The molecule has 0 bridgehead atoms. The van der Waals surface area contributed by atoms with Gasteiger partial charge in [0.25, 0.3) is 6.43 Å². The Morgan fingerprint density at radius 1 is 1.00 bits per heavy atom. The second kappa shape index (κ2) is 5.93. The lowest BCUT2D eigenvalue weighted by Crippen LogP contribution is -2.17. The Kier molecular flexibility index (Phi) is 4.83. The van der Waals surface area contributed by atoms with Gasteiger partial charge in [-0.2, -0.15) is 26.3 Å². The van der Waals surface area contributed by atoms with Crippen LogP contribution in [0.25, 0.3) is 5.76 Å². The average molecular weight is 334 g/mol. The van der Waals surface area contributed by atoms with E-state index >= 15 is 0 Å². The topological polar surface area (TPSA) is 37.3 Å². The van der Waals surface area contributed by atoms with Gasteiger partial charge in [0.2, 0.25) is 5.78 Å². The molecular weight excluding hydrogens is 328 g/mol. The molecule has 0 saturated carbocycles. The van der Waals surface area contributed by atoms with Crippen molar-refractivity contribution in [3.8, 4) is 0 Å². The minimum atomic E-state index is -5.30. The Hall–Kier alpha value is -2.13. The summed E-state index contributed by atoms with van der Waals surface area (Å²) in [6.45, 7) is 0. The van der Waals surface area contributed by atoms with Crippen LogP contribution in [0.4, 0.5) is 35.1 Å². The van der Waals surface area contributed by atoms with Crippen molar-refractivity contribution in [2.75, 3.05) is 0 Å². The van der Waals surface area contributed by atoms with Crippen LogP contribution in [0, 0.1) is 0 Å². The third-order valence-corrected chi connectivity index (χ3v) is 2.43. The molecule has 0 radical (unpaired) electrons. The van der Waals surface area contributed by atoms with Crippen LogP contribution in [0.1, 0.15) is 16.7 Å². The maximum Gasteiger partial charge on any atom is 0.417 e. The van der Waals surface area contributed by atoms with E-state index < -0.39 is 47.0 Å². The van der Waals surface area contributed by atoms with E-state index in [1.165, 1.54) is 0 Å². The number of alkyl halides is 8. The van der Waals surface area contributed by atoms with Gasteiger partial charge in [-0.1, -0.05) is 6.07 Å². The van der Waals surface area contributed by atoms with Crippen molar-refractivity contribution in [1.29, 1.82) is 0 Å². The van der Waals surface area contributed by atoms with Gasteiger partial charge in [0.05, 0.1) is 11.1 Å². The number of hydrogen-bond acceptors (Lipinski definition) is 2. The molecule has 1 aromatic rings. The maximum absolute atomic E-state index is 12.7. The van der Waals surface area contributed by atoms with Crippen molar-refractivity contribution in [2.45, 2.75) is 18.8 Å². The molecule has 122 valence electrons. The summed E-state index contributed by atoms with van der Waals surface area (Å²) >= 11 is 0. The van der Waals surface area contributed by atoms with E-state index in [1.807, 2.05) is 0 Å². The predicted octanol–water partition coefficient (Wildman–Crippen LogP) is 4.46. The molecule has 0 aromatic heterocycles. The van der Waals surface area contributed by atoms with Gasteiger partial charge in [-0.05, 0) is 12.1 Å². The number of ketones is 1. The van der Waals surface area contributed by atoms with Crippen LogP contribution >= 0.6 is 0 Å². The van der Waals surface area contributed by atoms with Crippen molar-refractivity contribution in [1.82, 2.24) is 0 Å². The van der Waals surface area contributed by atoms with Crippen LogP contribution in [-0.2, 0) is 17.1 Å². The highest BCUT2D eigenvalue weighted by molar-refractivity contribution is 5.98. The molecule has 0 saturated heterocycles. The summed E-state index contributed by atoms with van der Waals surface area (Å²) in [5.74, 6) is -3.96. The first kappa shape index (κ1) is 17.9. The van der Waals surface area contributed by atoms with E-state index in [2.05, 4.69) is 0 Å². The smallest absolute Gasteiger partial charge is 0.417 e. The summed E-state index contributed by atoms with van der Waals surface area (Å²) in [4.78, 5) is 10.7. The van der Waals surface area contributed by atoms with Gasteiger partial charge < -0.3 is 5.11 Å². The van der Waals surface area contributed by atoms with E-state index in [1.54, 1.807) is 0 Å². The lowest BCUT2D eigenvalue weighted by atomic mass is 9.97. The van der Waals surface area contributed by atoms with Crippen LogP contribution in [0.2, 0.25) is 0 Å². The molecular formula is C12H6F8O2. The predicted molar refractivity (Wildman–Crippen MR) is 58.1 cm³/mol. The molecule has 10 heteroatoms. The molecule has 2 nitrogen and oxygen atoms in total. The molecule has 1 aromatic carbocycles. The Balaban J connectivity index is 3.65. The Morgan fingerprint density at radius 3 is 1.73 bits per heavy atom. The van der Waals surface area contributed by atoms with E-state index in [4.69, 9.17) is 0 Å². The quantitative estimate of drug-likeness (QED) is 0.503. The van der Waals surface area contributed by atoms with E-state index in [9.17, 15) is 45.0 Å². The van der Waals surface area contributed by atoms with Crippen molar-refractivity contribution < 1.29 is 45.0 Å². The lowest BCUT2D eigenvalue weighted by molar-refractivity contribution is -0.143. The second-order valence-electron chi connectivity index (χ2n) is 3.96. The van der Waals surface area contributed by atoms with Crippen molar-refractivity contribution in [3.63, 3.8) is 0 Å². The van der Waals surface area contributed by atoms with Crippen LogP contribution in [-0.4, -0.2) is 17.3 Å². The first-order chi connectivity index (χ1) is 9.85. The number of allylic oxidation sites excluding steroid dienone is 1. The first-order valence-electron chi connectivity index (χ1n) is 5.36. The molecule has 0 aliphatic carbocycles. The molecule has 0 atom stereocenters. The number of carbonyl (C=O) groups excluding carboxylic acids is 1. The molecule has 0 unspecified atom stereocenters. The SMILES string of the molecule is O=C(/C=C(\O)c1c(C(F)(F)F)cccc1C(F)(F)F)C(F)F. The zero-order valence-corrected chi connectivity index (χ0v) is 10.3. The highest BCUT2D eigenvalue weighted by Gasteiger charge is 2.41. The van der Waals surface area contributed by atoms with Crippen molar-refractivity contribution >= 4 is 11.5 Å². The minimum Gasteiger partial charge on any atom is -0.507 e. The fourth-order valence-corrected chi connectivity index (χ4v) is 1.57. The summed E-state index contributed by atoms with van der Waals surface area (Å²) in [5.41, 5.74) is -5.59.